The summed E-state index contributed by atoms with van der Waals surface area (Å²) in [4.78, 5) is 19.9. The van der Waals surface area contributed by atoms with Crippen molar-refractivity contribution >= 4 is 11.9 Å². The molecular weight excluding hydrogens is 220 g/mol. The Morgan fingerprint density at radius 1 is 0.938 bits per heavy atom. The number of carboxylic acid groups (broad SMARTS) is 2. The fourth-order valence-electron chi connectivity index (χ4n) is 0.135. The highest BCUT2D eigenvalue weighted by Crippen LogP contribution is 1.95. The summed E-state index contributed by atoms with van der Waals surface area (Å²) in [5.74, 6) is -2.39. The molecule has 2 atom stereocenters. The monoisotopic (exact) mass is 238 g/mol. The number of aliphatic hydroxyl groups is 2. The summed E-state index contributed by atoms with van der Waals surface area (Å²) in [7, 11) is 0. The average molecular weight is 238 g/mol. The summed E-state index contributed by atoms with van der Waals surface area (Å²) in [6.45, 7) is 1.41. The van der Waals surface area contributed by atoms with E-state index in [1.807, 2.05) is 0 Å². The number of hydrogen-bond donors (Lipinski definition) is 6. The molecule has 0 unspecified atom stereocenters. The number of hydrogen-bond acceptors (Lipinski definition) is 6. The molecule has 0 aliphatic carbocycles. The fourth-order valence-corrected chi connectivity index (χ4v) is 0.135. The minimum Gasteiger partial charge on any atom is -0.480 e. The maximum atomic E-state index is 9.97. The van der Waals surface area contributed by atoms with Crippen LogP contribution in [0.5, 0.6) is 0 Å². The van der Waals surface area contributed by atoms with Gasteiger partial charge in [-0.25, -0.2) is 0 Å². The number of aliphatic carboxylic acids is 2. The van der Waals surface area contributed by atoms with Crippen molar-refractivity contribution < 1.29 is 30.0 Å². The minimum absolute atomic E-state index is 0.539. The van der Waals surface area contributed by atoms with E-state index in [1.54, 1.807) is 0 Å². The van der Waals surface area contributed by atoms with E-state index in [0.717, 1.165) is 0 Å². The molecule has 8 N–H and O–H groups in total. The summed E-state index contributed by atoms with van der Waals surface area (Å²) in [6.07, 6.45) is 0. The molecule has 0 bridgehead atoms. The first-order valence-corrected chi connectivity index (χ1v) is 4.27. The van der Waals surface area contributed by atoms with Crippen molar-refractivity contribution in [3.05, 3.63) is 0 Å². The van der Waals surface area contributed by atoms with E-state index in [9.17, 15) is 9.59 Å². The lowest BCUT2D eigenvalue weighted by atomic mass is 10.1. The third-order valence-corrected chi connectivity index (χ3v) is 1.63. The Morgan fingerprint density at radius 2 is 1.12 bits per heavy atom. The van der Waals surface area contributed by atoms with E-state index in [4.69, 9.17) is 31.9 Å². The van der Waals surface area contributed by atoms with E-state index in [0.29, 0.717) is 0 Å². The van der Waals surface area contributed by atoms with Crippen molar-refractivity contribution in [1.29, 1.82) is 0 Å². The predicted molar refractivity (Wildman–Crippen MR) is 54.6 cm³/mol. The van der Waals surface area contributed by atoms with Crippen molar-refractivity contribution in [2.75, 3.05) is 13.2 Å². The van der Waals surface area contributed by atoms with Gasteiger partial charge < -0.3 is 31.9 Å². The van der Waals surface area contributed by atoms with Gasteiger partial charge in [0.05, 0.1) is 13.2 Å². The van der Waals surface area contributed by atoms with Crippen molar-refractivity contribution in [2.45, 2.75) is 24.9 Å². The van der Waals surface area contributed by atoms with E-state index >= 15 is 0 Å². The van der Waals surface area contributed by atoms with Crippen LogP contribution in [0, 0.1) is 0 Å². The topological polar surface area (TPSA) is 167 Å². The fraction of sp³-hybridized carbons (Fsp3) is 0.750. The van der Waals surface area contributed by atoms with Crippen molar-refractivity contribution in [1.82, 2.24) is 0 Å². The predicted octanol–water partition coefficient (Wildman–Crippen LogP) is -2.44. The smallest absolute Gasteiger partial charge is 0.325 e. The molecule has 96 valence electrons. The van der Waals surface area contributed by atoms with Crippen LogP contribution < -0.4 is 11.5 Å². The molecule has 8 heteroatoms. The average Bonchev–Trinajstić information content (AvgIpc) is 2.18. The van der Waals surface area contributed by atoms with Crippen LogP contribution in [-0.2, 0) is 9.59 Å². The summed E-state index contributed by atoms with van der Waals surface area (Å²) >= 11 is 0. The second-order valence-corrected chi connectivity index (χ2v) is 3.76. The highest BCUT2D eigenvalue weighted by molar-refractivity contribution is 5.78. The van der Waals surface area contributed by atoms with E-state index in [2.05, 4.69) is 0 Å². The Morgan fingerprint density at radius 3 is 1.12 bits per heavy atom. The largest absolute Gasteiger partial charge is 0.480 e. The molecule has 0 aliphatic rings. The van der Waals surface area contributed by atoms with Gasteiger partial charge in [0.15, 0.2) is 0 Å². The molecule has 0 heterocycles. The molecule has 0 saturated carbocycles. The molecule has 0 rings (SSSR count). The summed E-state index contributed by atoms with van der Waals surface area (Å²) in [5.41, 5.74) is 7.05. The SMILES string of the molecule is C[C@@](N)(CO)C(=O)O.C[C@](N)(CO)C(=O)O. The van der Waals surface area contributed by atoms with Gasteiger partial charge in [0.25, 0.3) is 0 Å². The summed E-state index contributed by atoms with van der Waals surface area (Å²) in [5, 5.41) is 32.8. The first-order valence-electron chi connectivity index (χ1n) is 4.27. The van der Waals surface area contributed by atoms with Crippen LogP contribution in [0.1, 0.15) is 13.8 Å². The second-order valence-electron chi connectivity index (χ2n) is 3.76. The van der Waals surface area contributed by atoms with Gasteiger partial charge in [0, 0.05) is 0 Å². The van der Waals surface area contributed by atoms with Crippen LogP contribution in [-0.4, -0.2) is 56.7 Å². The standard InChI is InChI=1S/2C4H9NO3/c2*1-4(5,2-6)3(7)8/h2*6H,2,5H2,1H3,(H,7,8)/t2*4-/m10/s1. The van der Waals surface area contributed by atoms with Crippen molar-refractivity contribution in [3.63, 3.8) is 0 Å². The zero-order valence-corrected chi connectivity index (χ0v) is 9.17. The van der Waals surface area contributed by atoms with E-state index < -0.39 is 36.2 Å². The highest BCUT2D eigenvalue weighted by Gasteiger charge is 2.26. The molecule has 0 radical (unpaired) electrons. The normalized spacial score (nSPS) is 17.4. The molecule has 0 saturated heterocycles. The zero-order valence-electron chi connectivity index (χ0n) is 9.17. The number of rotatable bonds is 4. The van der Waals surface area contributed by atoms with Gasteiger partial charge in [-0.1, -0.05) is 0 Å². The second kappa shape index (κ2) is 6.38. The Kier molecular flexibility index (Phi) is 6.85. The Bertz CT molecular complexity index is 225. The van der Waals surface area contributed by atoms with Crippen molar-refractivity contribution in [3.8, 4) is 0 Å². The molecule has 0 aliphatic heterocycles. The van der Waals surface area contributed by atoms with Gasteiger partial charge in [-0.05, 0) is 13.8 Å². The van der Waals surface area contributed by atoms with Gasteiger partial charge in [-0.3, -0.25) is 9.59 Å². The van der Waals surface area contributed by atoms with Crippen LogP contribution in [0.2, 0.25) is 0 Å². The lowest BCUT2D eigenvalue weighted by Crippen LogP contribution is -2.48. The third-order valence-electron chi connectivity index (χ3n) is 1.63. The van der Waals surface area contributed by atoms with Gasteiger partial charge in [-0.15, -0.1) is 0 Å². The molecule has 8 nitrogen and oxygen atoms in total. The van der Waals surface area contributed by atoms with Gasteiger partial charge in [0.1, 0.15) is 11.1 Å². The van der Waals surface area contributed by atoms with Crippen LogP contribution in [0.15, 0.2) is 0 Å². The van der Waals surface area contributed by atoms with Crippen LogP contribution in [0.25, 0.3) is 0 Å². The Hall–Kier alpha value is -1.22. The molecule has 0 spiro atoms. The first kappa shape index (κ1) is 17.2. The molecule has 0 amide bonds. The summed E-state index contributed by atoms with van der Waals surface area (Å²) in [6, 6.07) is 0. The third kappa shape index (κ3) is 6.30. The molecule has 0 aromatic rings. The lowest BCUT2D eigenvalue weighted by Gasteiger charge is -2.13. The Balaban J connectivity index is 0. The van der Waals surface area contributed by atoms with Gasteiger partial charge >= 0.3 is 11.9 Å². The van der Waals surface area contributed by atoms with E-state index in [-0.39, 0.29) is 0 Å². The zero-order chi connectivity index (χ0) is 13.6. The molecular formula is C8H18N2O6. The molecule has 16 heavy (non-hydrogen) atoms. The first-order chi connectivity index (χ1) is 7.01. The molecule has 0 aromatic heterocycles. The lowest BCUT2D eigenvalue weighted by molar-refractivity contribution is -0.145. The Labute approximate surface area is 92.5 Å². The van der Waals surface area contributed by atoms with Gasteiger partial charge in [0.2, 0.25) is 0 Å². The van der Waals surface area contributed by atoms with Crippen LogP contribution >= 0.6 is 0 Å². The quantitative estimate of drug-likeness (QED) is 0.314. The van der Waals surface area contributed by atoms with Crippen molar-refractivity contribution in [2.24, 2.45) is 11.5 Å². The maximum absolute atomic E-state index is 9.97. The van der Waals surface area contributed by atoms with Gasteiger partial charge in [-0.2, -0.15) is 0 Å². The number of carbonyl (C=O) groups is 2. The van der Waals surface area contributed by atoms with E-state index in [1.165, 1.54) is 13.8 Å². The highest BCUT2D eigenvalue weighted by atomic mass is 16.4. The maximum Gasteiger partial charge on any atom is 0.325 e. The molecule has 0 fully saturated rings. The van der Waals surface area contributed by atoms with Crippen LogP contribution in [0.4, 0.5) is 0 Å². The number of carboxylic acids is 2. The molecule has 0 aromatic carbocycles. The van der Waals surface area contributed by atoms with Crippen LogP contribution in [0.3, 0.4) is 0 Å². The number of aliphatic hydroxyl groups excluding tert-OH is 2. The minimum atomic E-state index is -1.49. The summed E-state index contributed by atoms with van der Waals surface area (Å²) < 4.78 is 0. The number of nitrogens with two attached hydrogens (primary N) is 2.